The largest absolute Gasteiger partial charge is 0.242 e. The van der Waals surface area contributed by atoms with Crippen LogP contribution in [0.3, 0.4) is 0 Å². The Kier molecular flexibility index (Phi) is 5.96. The zero-order valence-corrected chi connectivity index (χ0v) is 15.1. The van der Waals surface area contributed by atoms with Gasteiger partial charge in [0.15, 0.2) is 0 Å². The van der Waals surface area contributed by atoms with E-state index in [1.807, 2.05) is 0 Å². The van der Waals surface area contributed by atoms with Crippen LogP contribution in [0.4, 0.5) is 0 Å². The highest BCUT2D eigenvalue weighted by Gasteiger charge is 2.18. The fraction of sp³-hybridized carbons (Fsp3) is 0.125. The monoisotopic (exact) mass is 387 g/mol. The minimum atomic E-state index is -3.76. The summed E-state index contributed by atoms with van der Waals surface area (Å²) >= 11 is 17.7. The van der Waals surface area contributed by atoms with Gasteiger partial charge in [0.25, 0.3) is 0 Å². The van der Waals surface area contributed by atoms with Crippen LogP contribution in [0.1, 0.15) is 11.1 Å². The van der Waals surface area contributed by atoms with E-state index < -0.39 is 10.0 Å². The predicted octanol–water partition coefficient (Wildman–Crippen LogP) is 4.29. The molecule has 0 amide bonds. The molecule has 0 atom stereocenters. The first kappa shape index (κ1) is 18.1. The fourth-order valence-corrected chi connectivity index (χ4v) is 3.70. The van der Waals surface area contributed by atoms with Crippen molar-refractivity contribution in [3.05, 3.63) is 62.6 Å². The molecular formula is C16H12Cl3NO2S. The molecule has 23 heavy (non-hydrogen) atoms. The Balaban J connectivity index is 2.13. The molecule has 2 rings (SSSR count). The van der Waals surface area contributed by atoms with Crippen LogP contribution in [0.5, 0.6) is 0 Å². The molecule has 2 aromatic rings. The van der Waals surface area contributed by atoms with Crippen LogP contribution in [0.25, 0.3) is 0 Å². The summed E-state index contributed by atoms with van der Waals surface area (Å²) in [5.41, 5.74) is 1.33. The second-order valence-electron chi connectivity index (χ2n) is 4.67. The van der Waals surface area contributed by atoms with Crippen LogP contribution in [0.15, 0.2) is 41.3 Å². The summed E-state index contributed by atoms with van der Waals surface area (Å²) in [6.45, 7) is 1.66. The summed E-state index contributed by atoms with van der Waals surface area (Å²) < 4.78 is 26.9. The third-order valence-corrected chi connectivity index (χ3v) is 5.42. The maximum Gasteiger partial charge on any atom is 0.242 e. The number of nitrogens with one attached hydrogen (secondary N) is 1. The Hall–Kier alpha value is -1.22. The average molecular weight is 389 g/mol. The molecule has 0 spiro atoms. The molecule has 0 bridgehead atoms. The molecule has 0 aliphatic carbocycles. The molecule has 0 aliphatic heterocycles. The Labute approximate surface area is 150 Å². The number of hydrogen-bond donors (Lipinski definition) is 1. The van der Waals surface area contributed by atoms with Crippen molar-refractivity contribution in [3.8, 4) is 11.8 Å². The molecule has 7 heteroatoms. The van der Waals surface area contributed by atoms with Gasteiger partial charge in [-0.25, -0.2) is 8.42 Å². The molecule has 3 nitrogen and oxygen atoms in total. The molecule has 0 unspecified atom stereocenters. The molecule has 0 fully saturated rings. The summed E-state index contributed by atoms with van der Waals surface area (Å²) in [6, 6.07) is 9.82. The highest BCUT2D eigenvalue weighted by Crippen LogP contribution is 2.27. The van der Waals surface area contributed by atoms with Crippen LogP contribution in [0, 0.1) is 18.8 Å². The van der Waals surface area contributed by atoms with Crippen molar-refractivity contribution in [2.75, 3.05) is 6.54 Å². The maximum atomic E-state index is 12.3. The third kappa shape index (κ3) is 4.87. The highest BCUT2D eigenvalue weighted by atomic mass is 35.5. The van der Waals surface area contributed by atoms with E-state index in [2.05, 4.69) is 16.6 Å². The highest BCUT2D eigenvalue weighted by molar-refractivity contribution is 7.89. The van der Waals surface area contributed by atoms with E-state index in [1.54, 1.807) is 31.2 Å². The quantitative estimate of drug-likeness (QED) is 0.798. The van der Waals surface area contributed by atoms with Gasteiger partial charge in [0.2, 0.25) is 10.0 Å². The Bertz CT molecular complexity index is 899. The van der Waals surface area contributed by atoms with Gasteiger partial charge < -0.3 is 0 Å². The summed E-state index contributed by atoms with van der Waals surface area (Å²) in [5.74, 6) is 5.56. The van der Waals surface area contributed by atoms with Gasteiger partial charge in [-0.3, -0.25) is 0 Å². The maximum absolute atomic E-state index is 12.3. The standard InChI is InChI=1S/C16H12Cl3NO2S/c1-11-8-16(15(19)10-14(11)18)23(21,22)20-7-3-5-12-4-2-6-13(17)9-12/h2,4,6,8-10,20H,7H2,1H3. The van der Waals surface area contributed by atoms with Crippen LogP contribution in [0.2, 0.25) is 15.1 Å². The number of hydrogen-bond acceptors (Lipinski definition) is 2. The van der Waals surface area contributed by atoms with Gasteiger partial charge in [0, 0.05) is 15.6 Å². The SMILES string of the molecule is Cc1cc(S(=O)(=O)NCC#Cc2cccc(Cl)c2)c(Cl)cc1Cl. The molecular weight excluding hydrogens is 377 g/mol. The van der Waals surface area contributed by atoms with Crippen molar-refractivity contribution in [1.82, 2.24) is 4.72 Å². The van der Waals surface area contributed by atoms with Crippen LogP contribution < -0.4 is 4.72 Å². The minimum absolute atomic E-state index is 0.0226. The predicted molar refractivity (Wildman–Crippen MR) is 94.7 cm³/mol. The van der Waals surface area contributed by atoms with Gasteiger partial charge in [-0.05, 0) is 42.8 Å². The minimum Gasteiger partial charge on any atom is -0.207 e. The second kappa shape index (κ2) is 7.57. The van der Waals surface area contributed by atoms with Crippen molar-refractivity contribution < 1.29 is 8.42 Å². The number of aryl methyl sites for hydroxylation is 1. The van der Waals surface area contributed by atoms with Crippen LogP contribution >= 0.6 is 34.8 Å². The van der Waals surface area contributed by atoms with E-state index in [0.717, 1.165) is 0 Å². The Morgan fingerprint density at radius 2 is 1.83 bits per heavy atom. The van der Waals surface area contributed by atoms with E-state index in [4.69, 9.17) is 34.8 Å². The van der Waals surface area contributed by atoms with Crippen molar-refractivity contribution in [3.63, 3.8) is 0 Å². The van der Waals surface area contributed by atoms with E-state index in [0.29, 0.717) is 21.2 Å². The molecule has 0 saturated heterocycles. The lowest BCUT2D eigenvalue weighted by Crippen LogP contribution is -2.24. The van der Waals surface area contributed by atoms with Crippen molar-refractivity contribution in [2.24, 2.45) is 0 Å². The van der Waals surface area contributed by atoms with E-state index >= 15 is 0 Å². The molecule has 0 aliphatic rings. The van der Waals surface area contributed by atoms with Gasteiger partial charge in [-0.2, -0.15) is 4.72 Å². The van der Waals surface area contributed by atoms with Crippen LogP contribution in [-0.2, 0) is 10.0 Å². The average Bonchev–Trinajstić information content (AvgIpc) is 2.47. The normalized spacial score (nSPS) is 11.0. The zero-order chi connectivity index (χ0) is 17.0. The summed E-state index contributed by atoms with van der Waals surface area (Å²) in [7, 11) is -3.76. The third-order valence-electron chi connectivity index (χ3n) is 2.91. The smallest absolute Gasteiger partial charge is 0.207 e. The van der Waals surface area contributed by atoms with E-state index in [9.17, 15) is 8.42 Å². The first-order valence-corrected chi connectivity index (χ1v) is 9.11. The molecule has 0 heterocycles. The first-order chi connectivity index (χ1) is 10.8. The summed E-state index contributed by atoms with van der Waals surface area (Å²) in [5, 5.41) is 1.05. The lowest BCUT2D eigenvalue weighted by molar-refractivity contribution is 0.586. The summed E-state index contributed by atoms with van der Waals surface area (Å²) in [6.07, 6.45) is 0. The summed E-state index contributed by atoms with van der Waals surface area (Å²) in [4.78, 5) is -0.0226. The van der Waals surface area contributed by atoms with E-state index in [1.165, 1.54) is 12.1 Å². The fourth-order valence-electron chi connectivity index (χ4n) is 1.76. The molecule has 0 aromatic heterocycles. The first-order valence-electron chi connectivity index (χ1n) is 6.49. The number of benzene rings is 2. The molecule has 0 radical (unpaired) electrons. The Morgan fingerprint density at radius 1 is 1.09 bits per heavy atom. The van der Waals surface area contributed by atoms with Gasteiger partial charge in [-0.1, -0.05) is 52.7 Å². The van der Waals surface area contributed by atoms with Gasteiger partial charge in [0.05, 0.1) is 11.6 Å². The van der Waals surface area contributed by atoms with Crippen molar-refractivity contribution in [2.45, 2.75) is 11.8 Å². The molecule has 0 saturated carbocycles. The topological polar surface area (TPSA) is 46.2 Å². The second-order valence-corrected chi connectivity index (χ2v) is 7.65. The number of halogens is 3. The lowest BCUT2D eigenvalue weighted by Gasteiger charge is -2.08. The van der Waals surface area contributed by atoms with Crippen molar-refractivity contribution in [1.29, 1.82) is 0 Å². The molecule has 120 valence electrons. The number of rotatable bonds is 3. The van der Waals surface area contributed by atoms with Gasteiger partial charge in [-0.15, -0.1) is 0 Å². The van der Waals surface area contributed by atoms with Gasteiger partial charge in [0.1, 0.15) is 4.90 Å². The zero-order valence-electron chi connectivity index (χ0n) is 12.0. The lowest BCUT2D eigenvalue weighted by atomic mass is 10.2. The Morgan fingerprint density at radius 3 is 2.52 bits per heavy atom. The molecule has 1 N–H and O–H groups in total. The van der Waals surface area contributed by atoms with Crippen molar-refractivity contribution >= 4 is 44.8 Å². The van der Waals surface area contributed by atoms with E-state index in [-0.39, 0.29) is 16.5 Å². The number of sulfonamides is 1. The van der Waals surface area contributed by atoms with Crippen LogP contribution in [-0.4, -0.2) is 15.0 Å². The molecule has 2 aromatic carbocycles. The van der Waals surface area contributed by atoms with Gasteiger partial charge >= 0.3 is 0 Å².